The van der Waals surface area contributed by atoms with E-state index in [0.717, 1.165) is 32.3 Å². The van der Waals surface area contributed by atoms with Gasteiger partial charge in [0, 0.05) is 62.6 Å². The Morgan fingerprint density at radius 3 is 1.11 bits per heavy atom. The van der Waals surface area contributed by atoms with E-state index in [2.05, 4.69) is 42.1 Å². The van der Waals surface area contributed by atoms with Crippen LogP contribution in [0.4, 0.5) is 27.5 Å². The first-order valence-electron chi connectivity index (χ1n) is 35.5. The zero-order valence-electron chi connectivity index (χ0n) is 60.9. The van der Waals surface area contributed by atoms with Gasteiger partial charge in [-0.15, -0.1) is 11.6 Å². The standard InChI is InChI=1S/C70H115ClN8O25/c1-70(2,3)104-69(89)77-61(68(87)88)54-56(67(85)86)10-8-13-65(83)75-57-14-18-59(19-15-57)78-79-60-20-16-58(17-21-60)76-66(84)55-74-64(82)22-27-91-31-34-94-36-38-96-40-42-98-44-46-100-48-50-102-52-53-103-51-49-101-47-45-99-43-41-97-39-37-95-35-33-93-29-25-73-63(81)12-9-11-62(80)72-24-28-92-32-30-90-26-7-5-4-6-23-71/h14-21,56,61H,4-13,22-55H2,1-3H3,(H,72,80)(H,73,81)(H,74,82)(H,75,83)(H,76,84)(H,77,89)(H,85,86)(H,87,88)/b79-78+/t56-,61-/m0/s1. The Morgan fingerprint density at radius 1 is 0.385 bits per heavy atom. The van der Waals surface area contributed by atoms with Crippen molar-refractivity contribution in [2.24, 2.45) is 16.1 Å². The molecular formula is C70H115ClN8O25. The van der Waals surface area contributed by atoms with E-state index in [9.17, 15) is 48.6 Å². The first-order chi connectivity index (χ1) is 50.4. The number of alkyl carbamates (subject to hydrolysis) is 1. The predicted molar refractivity (Wildman–Crippen MR) is 383 cm³/mol. The van der Waals surface area contributed by atoms with Crippen LogP contribution in [0, 0.1) is 5.92 Å². The van der Waals surface area contributed by atoms with Crippen molar-refractivity contribution >= 4 is 81.9 Å². The Balaban J connectivity index is 1.28. The van der Waals surface area contributed by atoms with Crippen LogP contribution < -0.4 is 31.9 Å². The van der Waals surface area contributed by atoms with E-state index in [1.807, 2.05) is 0 Å². The minimum Gasteiger partial charge on any atom is -0.481 e. The molecule has 8 N–H and O–H groups in total. The predicted octanol–water partition coefficient (Wildman–Crippen LogP) is 6.16. The number of carbonyl (C=O) groups is 8. The highest BCUT2D eigenvalue weighted by molar-refractivity contribution is 6.17. The molecule has 2 aromatic carbocycles. The zero-order valence-corrected chi connectivity index (χ0v) is 61.7. The molecule has 2 rings (SSSR count). The van der Waals surface area contributed by atoms with Crippen LogP contribution in [-0.2, 0) is 105 Å². The molecule has 0 aliphatic rings. The lowest BCUT2D eigenvalue weighted by Crippen LogP contribution is -2.45. The van der Waals surface area contributed by atoms with E-state index in [0.29, 0.717) is 213 Å². The molecular weight excluding hydrogens is 1390 g/mol. The van der Waals surface area contributed by atoms with E-state index < -0.39 is 47.9 Å². The molecule has 0 aliphatic carbocycles. The minimum atomic E-state index is -1.50. The fraction of sp³-hybridized carbons (Fsp3) is 0.714. The Hall–Kier alpha value is -6.67. The Morgan fingerprint density at radius 2 is 0.731 bits per heavy atom. The molecule has 33 nitrogen and oxygen atoms in total. The van der Waals surface area contributed by atoms with Crippen molar-refractivity contribution in [3.05, 3.63) is 48.5 Å². The number of halogens is 1. The number of azo groups is 1. The van der Waals surface area contributed by atoms with Gasteiger partial charge in [-0.05, 0) is 108 Å². The van der Waals surface area contributed by atoms with Gasteiger partial charge in [0.05, 0.1) is 202 Å². The average Bonchev–Trinajstić information content (AvgIpc) is 0.900. The molecule has 34 heteroatoms. The summed E-state index contributed by atoms with van der Waals surface area (Å²) in [6.07, 6.45) is 4.09. The molecule has 0 unspecified atom stereocenters. The number of rotatable bonds is 70. The van der Waals surface area contributed by atoms with Gasteiger partial charge in [0.1, 0.15) is 11.6 Å². The van der Waals surface area contributed by atoms with E-state index in [-0.39, 0.29) is 81.9 Å². The minimum absolute atomic E-state index is 0.00277. The van der Waals surface area contributed by atoms with Crippen LogP contribution in [-0.4, -0.2) is 280 Å². The van der Waals surface area contributed by atoms with Gasteiger partial charge in [-0.25, -0.2) is 9.59 Å². The maximum Gasteiger partial charge on any atom is 0.408 e. The number of alkyl halides is 1. The number of aliphatic carboxylic acids is 2. The monoisotopic (exact) mass is 1500 g/mol. The largest absolute Gasteiger partial charge is 0.481 e. The lowest BCUT2D eigenvalue weighted by Gasteiger charge is -2.23. The Labute approximate surface area is 615 Å². The smallest absolute Gasteiger partial charge is 0.408 e. The maximum atomic E-state index is 12.6. The lowest BCUT2D eigenvalue weighted by molar-refractivity contribution is -0.144. The number of carbonyl (C=O) groups excluding carboxylic acids is 6. The third-order valence-electron chi connectivity index (χ3n) is 13.9. The molecule has 592 valence electrons. The molecule has 0 aromatic heterocycles. The van der Waals surface area contributed by atoms with Gasteiger partial charge in [0.15, 0.2) is 0 Å². The van der Waals surface area contributed by atoms with Crippen molar-refractivity contribution in [1.29, 1.82) is 0 Å². The quantitative estimate of drug-likeness (QED) is 0.0209. The maximum absolute atomic E-state index is 12.6. The molecule has 0 spiro atoms. The van der Waals surface area contributed by atoms with Crippen molar-refractivity contribution < 1.29 is 120 Å². The second kappa shape index (κ2) is 64.7. The van der Waals surface area contributed by atoms with Gasteiger partial charge in [-0.2, -0.15) is 10.2 Å². The van der Waals surface area contributed by atoms with Crippen LogP contribution in [0.25, 0.3) is 0 Å². The molecule has 6 amide bonds. The third-order valence-corrected chi connectivity index (χ3v) is 14.2. The van der Waals surface area contributed by atoms with Crippen LogP contribution in [0.1, 0.15) is 97.8 Å². The number of unbranched alkanes of at least 4 members (excludes halogenated alkanes) is 3. The molecule has 104 heavy (non-hydrogen) atoms. The van der Waals surface area contributed by atoms with E-state index in [4.69, 9.17) is 82.7 Å². The number of anilines is 2. The summed E-state index contributed by atoms with van der Waals surface area (Å²) < 4.78 is 82.2. The van der Waals surface area contributed by atoms with E-state index >= 15 is 0 Å². The lowest BCUT2D eigenvalue weighted by atomic mass is 9.94. The summed E-state index contributed by atoms with van der Waals surface area (Å²) in [5.41, 5.74) is 1.04. The summed E-state index contributed by atoms with van der Waals surface area (Å²) in [5, 5.41) is 43.4. The van der Waals surface area contributed by atoms with Crippen molar-refractivity contribution in [2.75, 3.05) is 221 Å². The second-order valence-corrected chi connectivity index (χ2v) is 24.2. The van der Waals surface area contributed by atoms with Crippen LogP contribution in [0.5, 0.6) is 0 Å². The fourth-order valence-electron chi connectivity index (χ4n) is 8.61. The van der Waals surface area contributed by atoms with Crippen molar-refractivity contribution in [3.8, 4) is 0 Å². The number of nitrogens with zero attached hydrogens (tertiary/aromatic N) is 2. The van der Waals surface area contributed by atoms with Crippen LogP contribution in [0.2, 0.25) is 0 Å². The van der Waals surface area contributed by atoms with Crippen LogP contribution in [0.3, 0.4) is 0 Å². The second-order valence-electron chi connectivity index (χ2n) is 23.8. The number of hydrogen-bond donors (Lipinski definition) is 8. The molecule has 0 saturated heterocycles. The summed E-state index contributed by atoms with van der Waals surface area (Å²) in [6, 6.07) is 11.5. The summed E-state index contributed by atoms with van der Waals surface area (Å²) in [7, 11) is 0. The van der Waals surface area contributed by atoms with Gasteiger partial charge in [0.2, 0.25) is 29.5 Å². The summed E-state index contributed by atoms with van der Waals surface area (Å²) in [5.74, 6) is -4.49. The zero-order chi connectivity index (χ0) is 75.6. The van der Waals surface area contributed by atoms with Gasteiger partial charge in [0.25, 0.3) is 0 Å². The number of benzene rings is 2. The van der Waals surface area contributed by atoms with Crippen LogP contribution in [0.15, 0.2) is 58.8 Å². The summed E-state index contributed by atoms with van der Waals surface area (Å²) >= 11 is 5.67. The summed E-state index contributed by atoms with van der Waals surface area (Å²) in [6.45, 7) is 17.1. The topological polar surface area (TPSA) is 412 Å². The van der Waals surface area contributed by atoms with Gasteiger partial charge in [-0.1, -0.05) is 12.8 Å². The molecule has 0 bridgehead atoms. The molecule has 0 fully saturated rings. The van der Waals surface area contributed by atoms with Gasteiger partial charge < -0.3 is 113 Å². The highest BCUT2D eigenvalue weighted by Gasteiger charge is 2.30. The number of amides is 6. The molecule has 0 radical (unpaired) electrons. The molecule has 0 aliphatic heterocycles. The SMILES string of the molecule is CC(C)(C)OC(=O)N[C@@H](C[C@H](CCCC(=O)Nc1ccc(/N=N/c2ccc(NC(=O)CNC(=O)CCOCCOCCOCCOCCOCCOCCOCCOCCOCCOCCOCCOCCNC(=O)CCCC(=O)NCCOCCOCCCCCCCl)cc2)cc1)C(=O)O)C(=O)O. The van der Waals surface area contributed by atoms with Gasteiger partial charge in [-0.3, -0.25) is 28.8 Å². The molecule has 2 atom stereocenters. The normalized spacial score (nSPS) is 12.0. The fourth-order valence-corrected chi connectivity index (χ4v) is 8.80. The molecule has 2 aromatic rings. The number of nitrogens with one attached hydrogen (secondary N) is 6. The Bertz CT molecular complexity index is 2600. The van der Waals surface area contributed by atoms with Crippen LogP contribution >= 0.6 is 11.6 Å². The number of carboxylic acids is 2. The third kappa shape index (κ3) is 58.6. The summed E-state index contributed by atoms with van der Waals surface area (Å²) in [4.78, 5) is 97.0. The van der Waals surface area contributed by atoms with E-state index in [1.165, 1.54) is 0 Å². The van der Waals surface area contributed by atoms with Gasteiger partial charge >= 0.3 is 18.0 Å². The first-order valence-corrected chi connectivity index (χ1v) is 36.1. The molecule has 0 heterocycles. The van der Waals surface area contributed by atoms with Crippen molar-refractivity contribution in [1.82, 2.24) is 21.3 Å². The van der Waals surface area contributed by atoms with E-state index in [1.54, 1.807) is 69.3 Å². The van der Waals surface area contributed by atoms with Crippen molar-refractivity contribution in [3.63, 3.8) is 0 Å². The first kappa shape index (κ1) is 93.4. The average molecular weight is 1500 g/mol. The highest BCUT2D eigenvalue weighted by Crippen LogP contribution is 2.23. The number of hydrogen-bond acceptors (Lipinski definition) is 25. The Kier molecular flexibility index (Phi) is 58.1. The number of carboxylic acid groups (broad SMARTS) is 2. The van der Waals surface area contributed by atoms with Crippen molar-refractivity contribution in [2.45, 2.75) is 109 Å². The molecule has 0 saturated carbocycles. The highest BCUT2D eigenvalue weighted by atomic mass is 35.5. The number of ether oxygens (including phenoxy) is 15.